The lowest BCUT2D eigenvalue weighted by Gasteiger charge is -2.28. The van der Waals surface area contributed by atoms with Gasteiger partial charge >= 0.3 is 13.8 Å². The fourth-order valence-corrected chi connectivity index (χ4v) is 1.87. The minimum atomic E-state index is -5.12. The van der Waals surface area contributed by atoms with E-state index in [1.165, 1.54) is 0 Å². The number of rotatable bonds is 9. The van der Waals surface area contributed by atoms with Crippen LogP contribution in [0, 0.1) is 0 Å². The second kappa shape index (κ2) is 8.70. The summed E-state index contributed by atoms with van der Waals surface area (Å²) in [5.74, 6) is -1.33. The van der Waals surface area contributed by atoms with E-state index in [0.717, 1.165) is 0 Å². The third kappa shape index (κ3) is 6.76. The Balaban J connectivity index is 4.67. The van der Waals surface area contributed by atoms with Crippen molar-refractivity contribution in [2.75, 3.05) is 13.2 Å². The van der Waals surface area contributed by atoms with Gasteiger partial charge in [0.05, 0.1) is 13.2 Å². The van der Waals surface area contributed by atoms with E-state index in [1.54, 1.807) is 0 Å². The molecule has 12 nitrogen and oxygen atoms in total. The van der Waals surface area contributed by atoms with E-state index < -0.39 is 57.6 Å². The molecule has 0 aliphatic carbocycles. The zero-order valence-electron chi connectivity index (χ0n) is 10.6. The van der Waals surface area contributed by atoms with Crippen LogP contribution in [0.5, 0.6) is 0 Å². The number of carbonyl (C=O) groups is 1. The van der Waals surface area contributed by atoms with E-state index in [1.807, 2.05) is 0 Å². The highest BCUT2D eigenvalue weighted by Gasteiger charge is 2.39. The summed E-state index contributed by atoms with van der Waals surface area (Å²) in [6.07, 6.45) is -11.1. The number of nitrogens with two attached hydrogens (primary N) is 1. The van der Waals surface area contributed by atoms with Gasteiger partial charge in [-0.1, -0.05) is 0 Å². The molecule has 0 aromatic heterocycles. The quantitative estimate of drug-likeness (QED) is 0.147. The fourth-order valence-electron chi connectivity index (χ4n) is 1.09. The summed E-state index contributed by atoms with van der Waals surface area (Å²) in [7, 11) is -5.12. The molecule has 126 valence electrons. The molecule has 0 spiro atoms. The van der Waals surface area contributed by atoms with Gasteiger partial charge in [0, 0.05) is 0 Å². The van der Waals surface area contributed by atoms with Crippen LogP contribution in [0.1, 0.15) is 0 Å². The van der Waals surface area contributed by atoms with Crippen LogP contribution in [-0.4, -0.2) is 85.4 Å². The van der Waals surface area contributed by atoms with Crippen molar-refractivity contribution in [1.82, 2.24) is 0 Å². The molecule has 2 unspecified atom stereocenters. The van der Waals surface area contributed by atoms with Gasteiger partial charge in [0.2, 0.25) is 0 Å². The zero-order chi connectivity index (χ0) is 16.8. The van der Waals surface area contributed by atoms with Crippen molar-refractivity contribution in [1.29, 1.82) is 0 Å². The monoisotopic (exact) mass is 335 g/mol. The maximum Gasteiger partial charge on any atom is 0.532 e. The summed E-state index contributed by atoms with van der Waals surface area (Å²) >= 11 is 0. The number of carbonyl (C=O) groups excluding carboxylic acids is 1. The smallest absolute Gasteiger partial charge is 0.394 e. The predicted octanol–water partition coefficient (Wildman–Crippen LogP) is -4.64. The maximum absolute atomic E-state index is 11.2. The van der Waals surface area contributed by atoms with Crippen LogP contribution in [0.3, 0.4) is 0 Å². The highest BCUT2D eigenvalue weighted by Crippen LogP contribution is 2.44. The molecular weight excluding hydrogens is 317 g/mol. The Labute approximate surface area is 118 Å². The molecular formula is C8H18NO11P. The van der Waals surface area contributed by atoms with Gasteiger partial charge in [0.1, 0.15) is 24.4 Å². The van der Waals surface area contributed by atoms with Crippen molar-refractivity contribution < 1.29 is 53.9 Å². The fraction of sp³-hybridized carbons (Fsp3) is 0.875. The van der Waals surface area contributed by atoms with Crippen LogP contribution in [0.25, 0.3) is 0 Å². The van der Waals surface area contributed by atoms with Crippen LogP contribution in [0.15, 0.2) is 0 Å². The zero-order valence-corrected chi connectivity index (χ0v) is 11.5. The largest absolute Gasteiger partial charge is 0.532 e. The third-order valence-electron chi connectivity index (χ3n) is 2.20. The number of aliphatic hydroxyl groups is 6. The molecule has 0 aromatic carbocycles. The van der Waals surface area contributed by atoms with E-state index in [4.69, 9.17) is 20.8 Å². The maximum atomic E-state index is 11.2. The SMILES string of the molecule is NCC(=O)OP(=O)(O)OC(O)[C@@H](O)[C@@H](O)[C@H](O)[C@H](O)CO. The van der Waals surface area contributed by atoms with Gasteiger partial charge in [-0.3, -0.25) is 9.69 Å². The predicted molar refractivity (Wildman–Crippen MR) is 63.2 cm³/mol. The lowest BCUT2D eigenvalue weighted by atomic mass is 10.0. The summed E-state index contributed by atoms with van der Waals surface area (Å²) in [6.45, 7) is -1.72. The van der Waals surface area contributed by atoms with Crippen LogP contribution in [-0.2, 0) is 18.4 Å². The molecule has 0 bridgehead atoms. The highest BCUT2D eigenvalue weighted by atomic mass is 31.2. The van der Waals surface area contributed by atoms with Crippen LogP contribution < -0.4 is 5.73 Å². The Morgan fingerprint density at radius 2 is 1.62 bits per heavy atom. The summed E-state index contributed by atoms with van der Waals surface area (Å²) < 4.78 is 19.0. The molecule has 0 heterocycles. The third-order valence-corrected chi connectivity index (χ3v) is 3.12. The molecule has 0 amide bonds. The van der Waals surface area contributed by atoms with Gasteiger partial charge < -0.3 is 40.9 Å². The van der Waals surface area contributed by atoms with Gasteiger partial charge in [-0.15, -0.1) is 0 Å². The van der Waals surface area contributed by atoms with Gasteiger partial charge in [0.25, 0.3) is 0 Å². The average molecular weight is 335 g/mol. The molecule has 0 fully saturated rings. The van der Waals surface area contributed by atoms with E-state index in [-0.39, 0.29) is 0 Å². The average Bonchev–Trinajstić information content (AvgIpc) is 2.42. The van der Waals surface area contributed by atoms with E-state index in [2.05, 4.69) is 9.05 Å². The van der Waals surface area contributed by atoms with Gasteiger partial charge in [0.15, 0.2) is 6.29 Å². The first-order chi connectivity index (χ1) is 9.55. The van der Waals surface area contributed by atoms with E-state index in [0.29, 0.717) is 0 Å². The molecule has 0 saturated carbocycles. The van der Waals surface area contributed by atoms with Gasteiger partial charge in [-0.25, -0.2) is 9.09 Å². The van der Waals surface area contributed by atoms with E-state index >= 15 is 0 Å². The number of hydrogen-bond donors (Lipinski definition) is 8. The number of hydrogen-bond acceptors (Lipinski definition) is 11. The van der Waals surface area contributed by atoms with E-state index in [9.17, 15) is 29.8 Å². The lowest BCUT2D eigenvalue weighted by Crippen LogP contribution is -2.50. The first-order valence-corrected chi connectivity index (χ1v) is 7.00. The van der Waals surface area contributed by atoms with Crippen LogP contribution >= 0.6 is 7.82 Å². The molecule has 13 heteroatoms. The molecule has 9 N–H and O–H groups in total. The molecule has 0 rings (SSSR count). The summed E-state index contributed by atoms with van der Waals surface area (Å²) in [4.78, 5) is 19.7. The van der Waals surface area contributed by atoms with Crippen molar-refractivity contribution in [2.24, 2.45) is 5.73 Å². The summed E-state index contributed by atoms with van der Waals surface area (Å²) in [5.41, 5.74) is 4.81. The van der Waals surface area contributed by atoms with Crippen molar-refractivity contribution >= 4 is 13.8 Å². The Bertz CT molecular complexity index is 379. The Kier molecular flexibility index (Phi) is 8.43. The first-order valence-electron chi connectivity index (χ1n) is 5.50. The molecule has 0 aliphatic heterocycles. The molecule has 0 saturated heterocycles. The van der Waals surface area contributed by atoms with Crippen molar-refractivity contribution in [3.05, 3.63) is 0 Å². The number of phosphoric ester groups is 1. The highest BCUT2D eigenvalue weighted by molar-refractivity contribution is 7.48. The molecule has 21 heavy (non-hydrogen) atoms. The number of phosphoric acid groups is 1. The second-order valence-electron chi connectivity index (χ2n) is 3.85. The summed E-state index contributed by atoms with van der Waals surface area (Å²) in [5, 5.41) is 54.9. The molecule has 6 atom stereocenters. The Morgan fingerprint density at radius 3 is 2.05 bits per heavy atom. The van der Waals surface area contributed by atoms with Gasteiger partial charge in [-0.05, 0) is 0 Å². The first kappa shape index (κ1) is 20.3. The normalized spacial score (nSPS) is 21.7. The lowest BCUT2D eigenvalue weighted by molar-refractivity contribution is -0.186. The van der Waals surface area contributed by atoms with Crippen LogP contribution in [0.2, 0.25) is 0 Å². The van der Waals surface area contributed by atoms with Crippen molar-refractivity contribution in [2.45, 2.75) is 30.7 Å². The Hall–Kier alpha value is -0.660. The topological polar surface area (TPSA) is 220 Å². The van der Waals surface area contributed by atoms with Crippen LogP contribution in [0.4, 0.5) is 0 Å². The number of aliphatic hydroxyl groups excluding tert-OH is 6. The molecule has 0 radical (unpaired) electrons. The summed E-state index contributed by atoms with van der Waals surface area (Å²) in [6, 6.07) is 0. The molecule has 0 aromatic rings. The Morgan fingerprint density at radius 1 is 1.10 bits per heavy atom. The minimum absolute atomic E-state index is 0.753. The van der Waals surface area contributed by atoms with Crippen molar-refractivity contribution in [3.8, 4) is 0 Å². The van der Waals surface area contributed by atoms with Gasteiger partial charge in [-0.2, -0.15) is 0 Å². The standard InChI is InChI=1S/C8H18NO11P/c9-1-4(12)19-21(17,18)20-8(16)7(15)6(14)5(13)3(11)2-10/h3,5-8,10-11,13-16H,1-2,9H2,(H,17,18)/t3-,5-,6+,7+,8?/m1/s1. The molecule has 0 aliphatic rings. The second-order valence-corrected chi connectivity index (χ2v) is 5.18. The van der Waals surface area contributed by atoms with Crippen molar-refractivity contribution in [3.63, 3.8) is 0 Å². The minimum Gasteiger partial charge on any atom is -0.394 e.